The van der Waals surface area contributed by atoms with Crippen molar-refractivity contribution < 1.29 is 4.79 Å². The van der Waals surface area contributed by atoms with Gasteiger partial charge in [-0.15, -0.1) is 0 Å². The number of rotatable bonds is 6. The van der Waals surface area contributed by atoms with E-state index >= 15 is 0 Å². The van der Waals surface area contributed by atoms with E-state index in [1.165, 1.54) is 5.56 Å². The molecule has 114 valence electrons. The number of nitrogens with zero attached hydrogens (tertiary/aromatic N) is 2. The molecule has 0 fully saturated rings. The van der Waals surface area contributed by atoms with Gasteiger partial charge in [-0.2, -0.15) is 5.10 Å². The monoisotopic (exact) mass is 280 g/mol. The minimum absolute atomic E-state index is 0.0836. The third kappa shape index (κ3) is 5.74. The highest BCUT2D eigenvalue weighted by atomic mass is 16.1. The second-order valence-electron chi connectivity index (χ2n) is 6.59. The Morgan fingerprint density at radius 1 is 1.40 bits per heavy atom. The van der Waals surface area contributed by atoms with Crippen molar-refractivity contribution in [3.8, 4) is 0 Å². The van der Waals surface area contributed by atoms with Crippen LogP contribution in [0.3, 0.4) is 0 Å². The van der Waals surface area contributed by atoms with E-state index in [9.17, 15) is 4.79 Å². The average molecular weight is 280 g/mol. The Bertz CT molecular complexity index is 443. The van der Waals surface area contributed by atoms with Crippen LogP contribution in [0.5, 0.6) is 0 Å². The summed E-state index contributed by atoms with van der Waals surface area (Å²) < 4.78 is 1.85. The minimum atomic E-state index is -0.161. The number of hydrogen-bond donors (Lipinski definition) is 2. The zero-order valence-electron chi connectivity index (χ0n) is 13.6. The van der Waals surface area contributed by atoms with Crippen molar-refractivity contribution in [2.45, 2.75) is 59.0 Å². The maximum atomic E-state index is 11.7. The number of carbonyl (C=O) groups excluding carboxylic acids is 1. The van der Waals surface area contributed by atoms with Crippen LogP contribution < -0.4 is 10.6 Å². The van der Waals surface area contributed by atoms with Crippen LogP contribution in [0.4, 0.5) is 0 Å². The van der Waals surface area contributed by atoms with Gasteiger partial charge in [0, 0.05) is 43.9 Å². The van der Waals surface area contributed by atoms with Crippen LogP contribution in [0.1, 0.15) is 58.2 Å². The molecule has 0 saturated heterocycles. The van der Waals surface area contributed by atoms with E-state index in [1.54, 1.807) is 0 Å². The van der Waals surface area contributed by atoms with Crippen molar-refractivity contribution in [3.63, 3.8) is 0 Å². The molecule has 0 bridgehead atoms. The fourth-order valence-electron chi connectivity index (χ4n) is 2.08. The maximum Gasteiger partial charge on any atom is 0.221 e. The number of aromatic nitrogens is 2. The molecule has 1 aromatic rings. The van der Waals surface area contributed by atoms with Gasteiger partial charge in [-0.25, -0.2) is 0 Å². The summed E-state index contributed by atoms with van der Waals surface area (Å²) in [5.41, 5.74) is 2.17. The molecule has 0 aliphatic carbocycles. The van der Waals surface area contributed by atoms with Crippen LogP contribution in [-0.2, 0) is 18.4 Å². The molecule has 1 heterocycles. The Hall–Kier alpha value is -1.36. The lowest BCUT2D eigenvalue weighted by Crippen LogP contribution is -2.41. The summed E-state index contributed by atoms with van der Waals surface area (Å²) in [4.78, 5) is 11.7. The molecule has 20 heavy (non-hydrogen) atoms. The van der Waals surface area contributed by atoms with Crippen LogP contribution in [0.15, 0.2) is 6.20 Å². The highest BCUT2D eigenvalue weighted by Gasteiger charge is 2.14. The number of amides is 1. The van der Waals surface area contributed by atoms with Crippen LogP contribution in [0.2, 0.25) is 0 Å². The van der Waals surface area contributed by atoms with Gasteiger partial charge >= 0.3 is 0 Å². The lowest BCUT2D eigenvalue weighted by molar-refractivity contribution is -0.122. The molecule has 5 nitrogen and oxygen atoms in total. The lowest BCUT2D eigenvalue weighted by Gasteiger charge is -2.20. The maximum absolute atomic E-state index is 11.7. The summed E-state index contributed by atoms with van der Waals surface area (Å²) in [6, 6.07) is 0. The summed E-state index contributed by atoms with van der Waals surface area (Å²) in [6.07, 6.45) is 2.53. The van der Waals surface area contributed by atoms with E-state index in [-0.39, 0.29) is 11.4 Å². The van der Waals surface area contributed by atoms with Gasteiger partial charge in [0.15, 0.2) is 0 Å². The van der Waals surface area contributed by atoms with E-state index in [0.717, 1.165) is 12.2 Å². The highest BCUT2D eigenvalue weighted by Crippen LogP contribution is 2.16. The summed E-state index contributed by atoms with van der Waals surface area (Å²) in [6.45, 7) is 11.7. The van der Waals surface area contributed by atoms with E-state index < -0.39 is 0 Å². The van der Waals surface area contributed by atoms with Gasteiger partial charge in [0.2, 0.25) is 5.91 Å². The first kappa shape index (κ1) is 16.7. The smallest absolute Gasteiger partial charge is 0.221 e. The van der Waals surface area contributed by atoms with Crippen LogP contribution in [0.25, 0.3) is 0 Å². The SMILES string of the molecule is CC(C)c1nn(C)cc1CNCCC(=O)NC(C)(C)C. The summed E-state index contributed by atoms with van der Waals surface area (Å²) in [7, 11) is 1.94. The number of carbonyl (C=O) groups is 1. The molecule has 0 aliphatic rings. The van der Waals surface area contributed by atoms with Gasteiger partial charge in [-0.05, 0) is 26.7 Å². The van der Waals surface area contributed by atoms with Crippen LogP contribution in [0, 0.1) is 0 Å². The van der Waals surface area contributed by atoms with Crippen molar-refractivity contribution in [2.24, 2.45) is 7.05 Å². The molecule has 0 atom stereocenters. The molecule has 0 aromatic carbocycles. The van der Waals surface area contributed by atoms with Gasteiger partial charge in [0.05, 0.1) is 5.69 Å². The standard InChI is InChI=1S/C15H28N4O/c1-11(2)14-12(10-19(6)18-14)9-16-8-7-13(20)17-15(3,4)5/h10-11,16H,7-9H2,1-6H3,(H,17,20). The normalized spacial score (nSPS) is 11.9. The molecule has 0 spiro atoms. The third-order valence-corrected chi connectivity index (χ3v) is 2.84. The Morgan fingerprint density at radius 3 is 2.60 bits per heavy atom. The quantitative estimate of drug-likeness (QED) is 0.783. The average Bonchev–Trinajstić information content (AvgIpc) is 2.63. The third-order valence-electron chi connectivity index (χ3n) is 2.84. The van der Waals surface area contributed by atoms with E-state index in [2.05, 4.69) is 29.6 Å². The van der Waals surface area contributed by atoms with Crippen LogP contribution in [-0.4, -0.2) is 27.8 Å². The zero-order chi connectivity index (χ0) is 15.3. The Kier molecular flexibility index (Phi) is 5.74. The molecule has 0 saturated carbocycles. The molecular formula is C15H28N4O. The Morgan fingerprint density at radius 2 is 2.05 bits per heavy atom. The number of nitrogens with one attached hydrogen (secondary N) is 2. The zero-order valence-corrected chi connectivity index (χ0v) is 13.6. The van der Waals surface area contributed by atoms with Crippen molar-refractivity contribution in [1.82, 2.24) is 20.4 Å². The first-order valence-electron chi connectivity index (χ1n) is 7.23. The lowest BCUT2D eigenvalue weighted by atomic mass is 10.1. The summed E-state index contributed by atoms with van der Waals surface area (Å²) in [5.74, 6) is 0.498. The van der Waals surface area contributed by atoms with Crippen molar-refractivity contribution in [1.29, 1.82) is 0 Å². The molecule has 0 aliphatic heterocycles. The minimum Gasteiger partial charge on any atom is -0.351 e. The second-order valence-corrected chi connectivity index (χ2v) is 6.59. The molecule has 2 N–H and O–H groups in total. The van der Waals surface area contributed by atoms with Crippen molar-refractivity contribution in [2.75, 3.05) is 6.54 Å². The largest absolute Gasteiger partial charge is 0.351 e. The van der Waals surface area contributed by atoms with E-state index in [1.807, 2.05) is 38.7 Å². The van der Waals surface area contributed by atoms with Crippen molar-refractivity contribution >= 4 is 5.91 Å². The number of hydrogen-bond acceptors (Lipinski definition) is 3. The topological polar surface area (TPSA) is 59.0 Å². The highest BCUT2D eigenvalue weighted by molar-refractivity contribution is 5.76. The summed E-state index contributed by atoms with van der Waals surface area (Å²) >= 11 is 0. The fourth-order valence-corrected chi connectivity index (χ4v) is 2.08. The molecular weight excluding hydrogens is 252 g/mol. The molecule has 0 radical (unpaired) electrons. The van der Waals surface area contributed by atoms with Gasteiger partial charge in [-0.3, -0.25) is 9.48 Å². The number of aryl methyl sites for hydroxylation is 1. The second kappa shape index (κ2) is 6.88. The van der Waals surface area contributed by atoms with Gasteiger partial charge < -0.3 is 10.6 Å². The molecule has 1 amide bonds. The Balaban J connectivity index is 2.36. The van der Waals surface area contributed by atoms with E-state index in [4.69, 9.17) is 0 Å². The first-order valence-corrected chi connectivity index (χ1v) is 7.23. The van der Waals surface area contributed by atoms with Gasteiger partial charge in [0.1, 0.15) is 0 Å². The summed E-state index contributed by atoms with van der Waals surface area (Å²) in [5, 5.41) is 10.7. The van der Waals surface area contributed by atoms with Crippen LogP contribution >= 0.6 is 0 Å². The molecule has 5 heteroatoms. The van der Waals surface area contributed by atoms with Crippen molar-refractivity contribution in [3.05, 3.63) is 17.5 Å². The first-order chi connectivity index (χ1) is 9.19. The Labute approximate surface area is 122 Å². The molecule has 1 rings (SSSR count). The van der Waals surface area contributed by atoms with E-state index in [0.29, 0.717) is 18.9 Å². The molecule has 0 unspecified atom stereocenters. The van der Waals surface area contributed by atoms with Gasteiger partial charge in [-0.1, -0.05) is 13.8 Å². The van der Waals surface area contributed by atoms with Gasteiger partial charge in [0.25, 0.3) is 0 Å². The molecule has 1 aromatic heterocycles. The predicted octanol–water partition coefficient (Wildman–Crippen LogP) is 1.94. The fraction of sp³-hybridized carbons (Fsp3) is 0.733. The predicted molar refractivity (Wildman–Crippen MR) is 81.5 cm³/mol.